The van der Waals surface area contributed by atoms with E-state index in [1.807, 2.05) is 6.92 Å². The molecule has 0 aromatic heterocycles. The minimum absolute atomic E-state index is 0.342. The zero-order valence-corrected chi connectivity index (χ0v) is 15.2. The second-order valence-electron chi connectivity index (χ2n) is 6.63. The molecule has 3 N–H and O–H groups in total. The van der Waals surface area contributed by atoms with Crippen LogP contribution in [0.4, 0.5) is 0 Å². The molecule has 0 radical (unpaired) electrons. The van der Waals surface area contributed by atoms with Gasteiger partial charge in [0.2, 0.25) is 0 Å². The van der Waals surface area contributed by atoms with E-state index in [1.165, 1.54) is 32.4 Å². The molecule has 0 spiro atoms. The van der Waals surface area contributed by atoms with Crippen molar-refractivity contribution in [1.82, 2.24) is 15.5 Å². The second kappa shape index (κ2) is 12.6. The van der Waals surface area contributed by atoms with Gasteiger partial charge in [0, 0.05) is 26.2 Å². The topological polar surface area (TPSA) is 69.1 Å². The maximum atomic E-state index is 9.91. The number of aliphatic imine (C=N–C) groups is 1. The SMILES string of the molecule is CCNC(=NCC(O)COCC(C)C)NCCN1CCCCC1. The summed E-state index contributed by atoms with van der Waals surface area (Å²) in [5, 5.41) is 16.5. The molecule has 0 saturated carbocycles. The zero-order valence-electron chi connectivity index (χ0n) is 15.2. The molecule has 1 atom stereocenters. The second-order valence-corrected chi connectivity index (χ2v) is 6.63. The molecule has 6 heteroatoms. The third-order valence-electron chi connectivity index (χ3n) is 3.73. The Balaban J connectivity index is 2.22. The number of piperidine rings is 1. The van der Waals surface area contributed by atoms with Crippen molar-refractivity contribution in [3.8, 4) is 0 Å². The predicted octanol–water partition coefficient (Wildman–Crippen LogP) is 1.06. The summed E-state index contributed by atoms with van der Waals surface area (Å²) >= 11 is 0. The highest BCUT2D eigenvalue weighted by Crippen LogP contribution is 2.07. The molecule has 1 aliphatic rings. The van der Waals surface area contributed by atoms with Gasteiger partial charge in [-0.15, -0.1) is 0 Å². The van der Waals surface area contributed by atoms with Crippen molar-refractivity contribution in [3.63, 3.8) is 0 Å². The van der Waals surface area contributed by atoms with Gasteiger partial charge in [0.1, 0.15) is 0 Å². The Bertz CT molecular complexity index is 318. The normalized spacial score (nSPS) is 18.2. The first kappa shape index (κ1) is 20.2. The van der Waals surface area contributed by atoms with E-state index in [9.17, 15) is 5.11 Å². The van der Waals surface area contributed by atoms with E-state index in [1.54, 1.807) is 0 Å². The molecular weight excluding hydrogens is 292 g/mol. The van der Waals surface area contributed by atoms with E-state index < -0.39 is 6.10 Å². The Labute approximate surface area is 141 Å². The fourth-order valence-electron chi connectivity index (χ4n) is 2.55. The van der Waals surface area contributed by atoms with Crippen molar-refractivity contribution in [2.24, 2.45) is 10.9 Å². The fraction of sp³-hybridized carbons (Fsp3) is 0.941. The first-order chi connectivity index (χ1) is 11.1. The van der Waals surface area contributed by atoms with Gasteiger partial charge in [-0.25, -0.2) is 0 Å². The summed E-state index contributed by atoms with van der Waals surface area (Å²) in [7, 11) is 0. The number of ether oxygens (including phenoxy) is 1. The first-order valence-corrected chi connectivity index (χ1v) is 9.12. The van der Waals surface area contributed by atoms with Gasteiger partial charge in [-0.3, -0.25) is 4.99 Å². The van der Waals surface area contributed by atoms with Gasteiger partial charge >= 0.3 is 0 Å². The van der Waals surface area contributed by atoms with Gasteiger partial charge < -0.3 is 25.4 Å². The third-order valence-corrected chi connectivity index (χ3v) is 3.73. The summed E-state index contributed by atoms with van der Waals surface area (Å²) in [5.74, 6) is 1.26. The van der Waals surface area contributed by atoms with Crippen LogP contribution in [0.5, 0.6) is 0 Å². The Morgan fingerprint density at radius 3 is 2.57 bits per heavy atom. The molecule has 1 unspecified atom stereocenters. The summed E-state index contributed by atoms with van der Waals surface area (Å²) in [6.45, 7) is 12.8. The molecule has 0 aromatic carbocycles. The van der Waals surface area contributed by atoms with Gasteiger partial charge in [-0.1, -0.05) is 20.3 Å². The maximum absolute atomic E-state index is 9.91. The molecule has 23 heavy (non-hydrogen) atoms. The molecule has 0 aliphatic carbocycles. The van der Waals surface area contributed by atoms with Gasteiger partial charge in [-0.2, -0.15) is 0 Å². The van der Waals surface area contributed by atoms with Crippen molar-refractivity contribution in [3.05, 3.63) is 0 Å². The van der Waals surface area contributed by atoms with Crippen LogP contribution in [0.15, 0.2) is 4.99 Å². The van der Waals surface area contributed by atoms with Crippen molar-refractivity contribution < 1.29 is 9.84 Å². The minimum atomic E-state index is -0.550. The Hall–Kier alpha value is -0.850. The van der Waals surface area contributed by atoms with Crippen LogP contribution in [-0.4, -0.2) is 74.6 Å². The van der Waals surface area contributed by atoms with E-state index in [-0.39, 0.29) is 0 Å². The lowest BCUT2D eigenvalue weighted by Crippen LogP contribution is -2.43. The van der Waals surface area contributed by atoms with Crippen molar-refractivity contribution in [2.75, 3.05) is 52.5 Å². The lowest BCUT2D eigenvalue weighted by Gasteiger charge is -2.26. The van der Waals surface area contributed by atoms with Crippen LogP contribution in [0, 0.1) is 5.92 Å². The average molecular weight is 329 g/mol. The van der Waals surface area contributed by atoms with Crippen molar-refractivity contribution in [1.29, 1.82) is 0 Å². The van der Waals surface area contributed by atoms with Gasteiger partial charge in [0.05, 0.1) is 19.3 Å². The van der Waals surface area contributed by atoms with Crippen molar-refractivity contribution in [2.45, 2.75) is 46.1 Å². The maximum Gasteiger partial charge on any atom is 0.191 e. The molecule has 6 nitrogen and oxygen atoms in total. The van der Waals surface area contributed by atoms with Crippen LogP contribution in [-0.2, 0) is 4.74 Å². The van der Waals surface area contributed by atoms with Crippen molar-refractivity contribution >= 4 is 5.96 Å². The van der Waals surface area contributed by atoms with Gasteiger partial charge in [0.15, 0.2) is 5.96 Å². The molecule has 0 bridgehead atoms. The van der Waals surface area contributed by atoms with E-state index in [4.69, 9.17) is 4.74 Å². The quantitative estimate of drug-likeness (QED) is 0.413. The van der Waals surface area contributed by atoms with Crippen LogP contribution >= 0.6 is 0 Å². The number of guanidine groups is 1. The number of hydrogen-bond donors (Lipinski definition) is 3. The number of aliphatic hydroxyl groups excluding tert-OH is 1. The molecule has 1 fully saturated rings. The zero-order chi connectivity index (χ0) is 16.9. The number of aliphatic hydroxyl groups is 1. The number of rotatable bonds is 10. The number of nitrogens with zero attached hydrogens (tertiary/aromatic N) is 2. The highest BCUT2D eigenvalue weighted by Gasteiger charge is 2.10. The molecule has 0 amide bonds. The summed E-state index contributed by atoms with van der Waals surface area (Å²) in [5.41, 5.74) is 0. The summed E-state index contributed by atoms with van der Waals surface area (Å²) in [4.78, 5) is 6.93. The van der Waals surface area contributed by atoms with Gasteiger partial charge in [-0.05, 0) is 38.8 Å². The smallest absolute Gasteiger partial charge is 0.191 e. The standard InChI is InChI=1S/C17H36N4O2/c1-4-18-17(19-8-11-21-9-6-5-7-10-21)20-12-16(22)14-23-13-15(2)3/h15-16,22H,4-14H2,1-3H3,(H2,18,19,20). The molecule has 1 rings (SSSR count). The highest BCUT2D eigenvalue weighted by atomic mass is 16.5. The van der Waals surface area contributed by atoms with E-state index in [0.717, 1.165) is 25.6 Å². The highest BCUT2D eigenvalue weighted by molar-refractivity contribution is 5.79. The summed E-state index contributed by atoms with van der Waals surface area (Å²) < 4.78 is 5.44. The average Bonchev–Trinajstić information content (AvgIpc) is 2.53. The summed E-state index contributed by atoms with van der Waals surface area (Å²) in [6.07, 6.45) is 3.45. The lowest BCUT2D eigenvalue weighted by atomic mass is 10.1. The lowest BCUT2D eigenvalue weighted by molar-refractivity contribution is 0.0301. The van der Waals surface area contributed by atoms with Gasteiger partial charge in [0.25, 0.3) is 0 Å². The Morgan fingerprint density at radius 2 is 1.91 bits per heavy atom. The monoisotopic (exact) mass is 328 g/mol. The van der Waals surface area contributed by atoms with E-state index in [2.05, 4.69) is 34.4 Å². The van der Waals surface area contributed by atoms with Crippen LogP contribution in [0.1, 0.15) is 40.0 Å². The van der Waals surface area contributed by atoms with Crippen LogP contribution in [0.2, 0.25) is 0 Å². The number of nitrogens with one attached hydrogen (secondary N) is 2. The molecule has 1 heterocycles. The molecule has 1 saturated heterocycles. The largest absolute Gasteiger partial charge is 0.389 e. The molecule has 1 aliphatic heterocycles. The van der Waals surface area contributed by atoms with Crippen LogP contribution in [0.3, 0.4) is 0 Å². The molecular formula is C17H36N4O2. The number of likely N-dealkylation sites (tertiary alicyclic amines) is 1. The fourth-order valence-corrected chi connectivity index (χ4v) is 2.55. The van der Waals surface area contributed by atoms with E-state index in [0.29, 0.717) is 25.7 Å². The van der Waals surface area contributed by atoms with Crippen LogP contribution < -0.4 is 10.6 Å². The molecule has 0 aromatic rings. The Morgan fingerprint density at radius 1 is 1.17 bits per heavy atom. The Kier molecular flexibility index (Phi) is 11.0. The number of hydrogen-bond acceptors (Lipinski definition) is 4. The van der Waals surface area contributed by atoms with E-state index >= 15 is 0 Å². The summed E-state index contributed by atoms with van der Waals surface area (Å²) in [6, 6.07) is 0. The first-order valence-electron chi connectivity index (χ1n) is 9.12. The molecule has 136 valence electrons. The third kappa shape index (κ3) is 10.5. The predicted molar refractivity (Wildman–Crippen MR) is 95.9 cm³/mol. The van der Waals surface area contributed by atoms with Crippen LogP contribution in [0.25, 0.3) is 0 Å². The minimum Gasteiger partial charge on any atom is -0.389 e.